The fourth-order valence-electron chi connectivity index (χ4n) is 3.91. The molecule has 1 aliphatic rings. The molecule has 170 valence electrons. The van der Waals surface area contributed by atoms with E-state index in [1.165, 1.54) is 4.68 Å². The minimum Gasteiger partial charge on any atom is -0.326 e. The van der Waals surface area contributed by atoms with Gasteiger partial charge in [-0.15, -0.1) is 0 Å². The molecule has 0 saturated carbocycles. The third-order valence-corrected chi connectivity index (χ3v) is 5.79. The summed E-state index contributed by atoms with van der Waals surface area (Å²) in [4.78, 5) is 51.5. The van der Waals surface area contributed by atoms with Gasteiger partial charge in [0.15, 0.2) is 0 Å². The number of benzene rings is 2. The lowest BCUT2D eigenvalue weighted by Gasteiger charge is -2.12. The van der Waals surface area contributed by atoms with Crippen molar-refractivity contribution in [3.05, 3.63) is 82.3 Å². The molecule has 1 saturated heterocycles. The van der Waals surface area contributed by atoms with Gasteiger partial charge in [-0.05, 0) is 37.5 Å². The van der Waals surface area contributed by atoms with E-state index in [0.29, 0.717) is 24.2 Å². The third-order valence-electron chi connectivity index (χ3n) is 5.79. The molecule has 3 aromatic rings. The zero-order valence-corrected chi connectivity index (χ0v) is 18.4. The van der Waals surface area contributed by atoms with Gasteiger partial charge in [-0.1, -0.05) is 48.5 Å². The fraction of sp³-hybridized carbons (Fsp3) is 0.250. The predicted octanol–water partition coefficient (Wildman–Crippen LogP) is 1.98. The largest absolute Gasteiger partial charge is 0.326 e. The maximum Gasteiger partial charge on any atom is 0.325 e. The number of nitrogens with one attached hydrogen (secondary N) is 2. The lowest BCUT2D eigenvalue weighted by atomic mass is 10.1. The standard InChI is InChI=1S/C24H25N5O4/c1-16-21(23(32)29(27(16)2)18-11-7-4-8-12-18)26-20(30)15-28-22(31)19(25-24(28)33)14-13-17-9-5-3-6-10-17/h3-12,19H,13-15H2,1-2H3,(H,25,33)(H,26,30). The first kappa shape index (κ1) is 22.1. The summed E-state index contributed by atoms with van der Waals surface area (Å²) < 4.78 is 3.08. The summed E-state index contributed by atoms with van der Waals surface area (Å²) in [7, 11) is 1.72. The van der Waals surface area contributed by atoms with E-state index in [9.17, 15) is 19.2 Å². The number of rotatable bonds is 7. The molecular weight excluding hydrogens is 422 g/mol. The molecule has 1 aromatic heterocycles. The second kappa shape index (κ2) is 9.15. The van der Waals surface area contributed by atoms with Crippen LogP contribution in [0.25, 0.3) is 5.69 Å². The van der Waals surface area contributed by atoms with Crippen molar-refractivity contribution in [3.63, 3.8) is 0 Å². The highest BCUT2D eigenvalue weighted by Crippen LogP contribution is 2.16. The topological polar surface area (TPSA) is 105 Å². The fourth-order valence-corrected chi connectivity index (χ4v) is 3.91. The van der Waals surface area contributed by atoms with Gasteiger partial charge in [-0.3, -0.25) is 24.0 Å². The van der Waals surface area contributed by atoms with Crippen LogP contribution in [0.1, 0.15) is 17.7 Å². The summed E-state index contributed by atoms with van der Waals surface area (Å²) in [5, 5.41) is 5.22. The summed E-state index contributed by atoms with van der Waals surface area (Å²) in [6.07, 6.45) is 1.06. The first-order valence-corrected chi connectivity index (χ1v) is 10.7. The van der Waals surface area contributed by atoms with Crippen LogP contribution < -0.4 is 16.2 Å². The number of nitrogens with zero attached hydrogens (tertiary/aromatic N) is 3. The highest BCUT2D eigenvalue weighted by molar-refractivity contribution is 6.07. The van der Waals surface area contributed by atoms with Gasteiger partial charge in [-0.2, -0.15) is 0 Å². The van der Waals surface area contributed by atoms with Crippen LogP contribution in [0.5, 0.6) is 0 Å². The number of carbonyl (C=O) groups excluding carboxylic acids is 3. The molecule has 9 heteroatoms. The van der Waals surface area contributed by atoms with E-state index < -0.39 is 36.0 Å². The zero-order chi connectivity index (χ0) is 23.5. The Morgan fingerprint density at radius 3 is 2.30 bits per heavy atom. The van der Waals surface area contributed by atoms with E-state index in [2.05, 4.69) is 10.6 Å². The number of aromatic nitrogens is 2. The molecule has 33 heavy (non-hydrogen) atoms. The Balaban J connectivity index is 1.43. The molecule has 0 bridgehead atoms. The normalized spacial score (nSPS) is 15.6. The second-order valence-electron chi connectivity index (χ2n) is 7.94. The number of para-hydroxylation sites is 1. The van der Waals surface area contributed by atoms with Crippen LogP contribution in [0.15, 0.2) is 65.5 Å². The highest BCUT2D eigenvalue weighted by Gasteiger charge is 2.38. The molecule has 0 aliphatic carbocycles. The molecule has 9 nitrogen and oxygen atoms in total. The summed E-state index contributed by atoms with van der Waals surface area (Å²) in [5.41, 5.74) is 1.98. The van der Waals surface area contributed by atoms with Crippen LogP contribution in [0, 0.1) is 6.92 Å². The number of hydrogen-bond acceptors (Lipinski definition) is 4. The van der Waals surface area contributed by atoms with Gasteiger partial charge in [0.1, 0.15) is 18.3 Å². The Hall–Kier alpha value is -4.14. The van der Waals surface area contributed by atoms with E-state index in [0.717, 1.165) is 10.5 Å². The van der Waals surface area contributed by atoms with E-state index in [-0.39, 0.29) is 5.69 Å². The van der Waals surface area contributed by atoms with Crippen molar-refractivity contribution in [2.45, 2.75) is 25.8 Å². The molecule has 1 aliphatic heterocycles. The Morgan fingerprint density at radius 1 is 1.00 bits per heavy atom. The maximum atomic E-state index is 13.0. The van der Waals surface area contributed by atoms with Gasteiger partial charge < -0.3 is 10.6 Å². The summed E-state index contributed by atoms with van der Waals surface area (Å²) in [6.45, 7) is 1.25. The molecule has 1 atom stereocenters. The van der Waals surface area contributed by atoms with Gasteiger partial charge in [0.05, 0.1) is 11.4 Å². The number of urea groups is 1. The van der Waals surface area contributed by atoms with E-state index in [1.54, 1.807) is 30.8 Å². The van der Waals surface area contributed by atoms with Crippen molar-refractivity contribution < 1.29 is 14.4 Å². The number of amides is 4. The number of carbonyl (C=O) groups is 3. The molecule has 2 aromatic carbocycles. The van der Waals surface area contributed by atoms with Crippen molar-refractivity contribution in [1.82, 2.24) is 19.6 Å². The summed E-state index contributed by atoms with van der Waals surface area (Å²) >= 11 is 0. The maximum absolute atomic E-state index is 13.0. The number of hydrogen-bond donors (Lipinski definition) is 2. The molecular formula is C24H25N5O4. The van der Waals surface area contributed by atoms with E-state index in [4.69, 9.17) is 0 Å². The summed E-state index contributed by atoms with van der Waals surface area (Å²) in [6, 6.07) is 17.4. The molecule has 0 radical (unpaired) electrons. The third kappa shape index (κ3) is 4.43. The number of aryl methyl sites for hydroxylation is 1. The first-order chi connectivity index (χ1) is 15.9. The van der Waals surface area contributed by atoms with E-state index in [1.807, 2.05) is 48.5 Å². The van der Waals surface area contributed by atoms with Crippen molar-refractivity contribution in [2.75, 3.05) is 11.9 Å². The Bertz CT molecular complexity index is 1250. The van der Waals surface area contributed by atoms with Gasteiger partial charge in [0, 0.05) is 7.05 Å². The minimum absolute atomic E-state index is 0.110. The molecule has 0 spiro atoms. The minimum atomic E-state index is -0.681. The van der Waals surface area contributed by atoms with Crippen molar-refractivity contribution >= 4 is 23.5 Å². The van der Waals surface area contributed by atoms with Crippen molar-refractivity contribution in [1.29, 1.82) is 0 Å². The zero-order valence-electron chi connectivity index (χ0n) is 18.4. The van der Waals surface area contributed by atoms with Crippen LogP contribution >= 0.6 is 0 Å². The molecule has 4 rings (SSSR count). The smallest absolute Gasteiger partial charge is 0.325 e. The molecule has 2 heterocycles. The lowest BCUT2D eigenvalue weighted by Crippen LogP contribution is -2.39. The van der Waals surface area contributed by atoms with Gasteiger partial charge in [0.2, 0.25) is 5.91 Å². The van der Waals surface area contributed by atoms with Crippen LogP contribution in [-0.4, -0.2) is 44.7 Å². The van der Waals surface area contributed by atoms with Gasteiger partial charge in [0.25, 0.3) is 11.5 Å². The predicted molar refractivity (Wildman–Crippen MR) is 123 cm³/mol. The Kier molecular flexibility index (Phi) is 6.12. The average molecular weight is 447 g/mol. The average Bonchev–Trinajstić information content (AvgIpc) is 3.20. The van der Waals surface area contributed by atoms with Crippen LogP contribution in [0.2, 0.25) is 0 Å². The van der Waals surface area contributed by atoms with Crippen LogP contribution in [0.3, 0.4) is 0 Å². The van der Waals surface area contributed by atoms with Crippen LogP contribution in [-0.2, 0) is 23.1 Å². The second-order valence-corrected chi connectivity index (χ2v) is 7.94. The first-order valence-electron chi connectivity index (χ1n) is 10.7. The summed E-state index contributed by atoms with van der Waals surface area (Å²) in [5.74, 6) is -1.06. The number of anilines is 1. The molecule has 2 N–H and O–H groups in total. The number of imide groups is 1. The molecule has 1 unspecified atom stereocenters. The van der Waals surface area contributed by atoms with Gasteiger partial charge >= 0.3 is 6.03 Å². The SMILES string of the molecule is Cc1c(NC(=O)CN2C(=O)NC(CCc3ccccc3)C2=O)c(=O)n(-c2ccccc2)n1C. The molecule has 1 fully saturated rings. The van der Waals surface area contributed by atoms with Crippen molar-refractivity contribution in [2.24, 2.45) is 7.05 Å². The van der Waals surface area contributed by atoms with Crippen molar-refractivity contribution in [3.8, 4) is 5.69 Å². The quantitative estimate of drug-likeness (QED) is 0.540. The lowest BCUT2D eigenvalue weighted by molar-refractivity contribution is -0.130. The molecule has 4 amide bonds. The highest BCUT2D eigenvalue weighted by atomic mass is 16.2. The Morgan fingerprint density at radius 2 is 1.64 bits per heavy atom. The van der Waals surface area contributed by atoms with Crippen LogP contribution in [0.4, 0.5) is 10.5 Å². The van der Waals surface area contributed by atoms with E-state index >= 15 is 0 Å². The van der Waals surface area contributed by atoms with Gasteiger partial charge in [-0.25, -0.2) is 9.48 Å². The Labute approximate surface area is 190 Å². The monoisotopic (exact) mass is 447 g/mol.